The number of rotatable bonds is 3. The normalized spacial score (nSPS) is 12.2. The van der Waals surface area contributed by atoms with Crippen LogP contribution in [-0.2, 0) is 5.41 Å². The highest BCUT2D eigenvalue weighted by molar-refractivity contribution is 6.73. The molecule has 0 fully saturated rings. The van der Waals surface area contributed by atoms with Crippen LogP contribution in [-0.4, -0.2) is 22.2 Å². The maximum atomic E-state index is 11.6. The lowest BCUT2D eigenvalue weighted by Crippen LogP contribution is -2.24. The Kier molecular flexibility index (Phi) is 3.78. The number of furan rings is 1. The van der Waals surface area contributed by atoms with E-state index in [0.717, 1.165) is 28.8 Å². The maximum Gasteiger partial charge on any atom is 0.154 e. The standard InChI is InChI=1S/C16H22O3Si/c1-16(2,3)15-11(9-17)14-12(19-15)7-10(18-4)8-13(14)20(5)6/h7-9,20H,1-6H3. The first-order valence-corrected chi connectivity index (χ1v) is 9.78. The van der Waals surface area contributed by atoms with Gasteiger partial charge in [0.2, 0.25) is 0 Å². The molecule has 1 heterocycles. The fourth-order valence-corrected chi connectivity index (χ4v) is 3.87. The van der Waals surface area contributed by atoms with Crippen molar-refractivity contribution >= 4 is 31.2 Å². The summed E-state index contributed by atoms with van der Waals surface area (Å²) in [5.41, 5.74) is 1.26. The van der Waals surface area contributed by atoms with E-state index in [2.05, 4.69) is 33.9 Å². The number of hydrogen-bond donors (Lipinski definition) is 0. The Bertz CT molecular complexity index is 648. The summed E-state index contributed by atoms with van der Waals surface area (Å²) in [6, 6.07) is 3.92. The second-order valence-electron chi connectivity index (χ2n) is 6.46. The van der Waals surface area contributed by atoms with Gasteiger partial charge in [0.15, 0.2) is 6.29 Å². The smallest absolute Gasteiger partial charge is 0.154 e. The molecular weight excluding hydrogens is 268 g/mol. The third-order valence-corrected chi connectivity index (χ3v) is 5.19. The molecule has 2 rings (SSSR count). The third kappa shape index (κ3) is 2.40. The molecule has 1 aromatic heterocycles. The van der Waals surface area contributed by atoms with Gasteiger partial charge in [-0.1, -0.05) is 33.9 Å². The second-order valence-corrected chi connectivity index (χ2v) is 9.39. The molecule has 0 radical (unpaired) electrons. The lowest BCUT2D eigenvalue weighted by Gasteiger charge is -2.15. The van der Waals surface area contributed by atoms with Crippen LogP contribution in [0.15, 0.2) is 16.5 Å². The summed E-state index contributed by atoms with van der Waals surface area (Å²) < 4.78 is 11.4. The zero-order chi connectivity index (χ0) is 15.1. The van der Waals surface area contributed by atoms with E-state index in [0.29, 0.717) is 5.56 Å². The molecule has 1 aromatic carbocycles. The van der Waals surface area contributed by atoms with Crippen molar-refractivity contribution in [3.05, 3.63) is 23.5 Å². The Morgan fingerprint density at radius 2 is 1.90 bits per heavy atom. The minimum Gasteiger partial charge on any atom is -0.497 e. The summed E-state index contributed by atoms with van der Waals surface area (Å²) in [4.78, 5) is 11.6. The van der Waals surface area contributed by atoms with Gasteiger partial charge in [0, 0.05) is 16.9 Å². The van der Waals surface area contributed by atoms with Gasteiger partial charge in [0.25, 0.3) is 0 Å². The van der Waals surface area contributed by atoms with E-state index in [-0.39, 0.29) is 5.41 Å². The van der Waals surface area contributed by atoms with Crippen molar-refractivity contribution in [3.63, 3.8) is 0 Å². The first-order chi connectivity index (χ1) is 9.29. The predicted molar refractivity (Wildman–Crippen MR) is 85.4 cm³/mol. The molecule has 0 spiro atoms. The third-order valence-electron chi connectivity index (χ3n) is 3.49. The fourth-order valence-electron chi connectivity index (χ4n) is 2.50. The summed E-state index contributed by atoms with van der Waals surface area (Å²) in [5, 5.41) is 2.20. The van der Waals surface area contributed by atoms with Crippen LogP contribution in [0.1, 0.15) is 36.9 Å². The molecule has 0 N–H and O–H groups in total. The summed E-state index contributed by atoms with van der Waals surface area (Å²) in [7, 11) is 0.551. The molecule has 20 heavy (non-hydrogen) atoms. The molecule has 0 unspecified atom stereocenters. The van der Waals surface area contributed by atoms with E-state index < -0.39 is 8.80 Å². The first kappa shape index (κ1) is 14.8. The quantitative estimate of drug-likeness (QED) is 0.643. The molecule has 2 aromatic rings. The van der Waals surface area contributed by atoms with Crippen LogP contribution in [0.5, 0.6) is 5.75 Å². The first-order valence-electron chi connectivity index (χ1n) is 6.89. The van der Waals surface area contributed by atoms with E-state index in [4.69, 9.17) is 9.15 Å². The van der Waals surface area contributed by atoms with Gasteiger partial charge < -0.3 is 9.15 Å². The average Bonchev–Trinajstić information content (AvgIpc) is 2.75. The van der Waals surface area contributed by atoms with Gasteiger partial charge >= 0.3 is 0 Å². The van der Waals surface area contributed by atoms with Gasteiger partial charge in [-0.05, 0) is 11.3 Å². The van der Waals surface area contributed by atoms with Gasteiger partial charge in [-0.2, -0.15) is 0 Å². The minimum atomic E-state index is -1.10. The van der Waals surface area contributed by atoms with Gasteiger partial charge in [-0.15, -0.1) is 0 Å². The molecule has 0 saturated carbocycles. The van der Waals surface area contributed by atoms with Gasteiger partial charge in [0.05, 0.1) is 21.5 Å². The highest BCUT2D eigenvalue weighted by Crippen LogP contribution is 2.34. The van der Waals surface area contributed by atoms with Crippen LogP contribution >= 0.6 is 0 Å². The molecule has 0 amide bonds. The highest BCUT2D eigenvalue weighted by atomic mass is 28.3. The zero-order valence-electron chi connectivity index (χ0n) is 13.0. The van der Waals surface area contributed by atoms with Crippen LogP contribution in [0.2, 0.25) is 13.1 Å². The molecule has 0 aliphatic carbocycles. The van der Waals surface area contributed by atoms with E-state index in [1.807, 2.05) is 12.1 Å². The van der Waals surface area contributed by atoms with E-state index in [1.54, 1.807) is 7.11 Å². The monoisotopic (exact) mass is 290 g/mol. The lowest BCUT2D eigenvalue weighted by atomic mass is 9.90. The maximum absolute atomic E-state index is 11.6. The van der Waals surface area contributed by atoms with Gasteiger partial charge in [-0.3, -0.25) is 4.79 Å². The van der Waals surface area contributed by atoms with Crippen molar-refractivity contribution in [1.82, 2.24) is 0 Å². The highest BCUT2D eigenvalue weighted by Gasteiger charge is 2.27. The number of fused-ring (bicyclic) bond motifs is 1. The van der Waals surface area contributed by atoms with Crippen molar-refractivity contribution in [3.8, 4) is 5.75 Å². The molecule has 4 heteroatoms. The van der Waals surface area contributed by atoms with Crippen molar-refractivity contribution in [2.24, 2.45) is 0 Å². The molecule has 0 bridgehead atoms. The van der Waals surface area contributed by atoms with Gasteiger partial charge in [-0.25, -0.2) is 0 Å². The van der Waals surface area contributed by atoms with Crippen LogP contribution in [0.4, 0.5) is 0 Å². The summed E-state index contributed by atoms with van der Waals surface area (Å²) in [6.45, 7) is 10.7. The van der Waals surface area contributed by atoms with Crippen LogP contribution in [0.25, 0.3) is 11.0 Å². The largest absolute Gasteiger partial charge is 0.497 e. The number of carbonyl (C=O) groups excluding carboxylic acids is 1. The number of ether oxygens (including phenoxy) is 1. The molecule has 0 aliphatic heterocycles. The zero-order valence-corrected chi connectivity index (χ0v) is 14.2. The Labute approximate surface area is 121 Å². The van der Waals surface area contributed by atoms with E-state index in [9.17, 15) is 4.79 Å². The average molecular weight is 290 g/mol. The number of benzene rings is 1. The SMILES string of the molecule is COc1cc([SiH](C)C)c2c(C=O)c(C(C)(C)C)oc2c1. The molecule has 0 atom stereocenters. The summed E-state index contributed by atoms with van der Waals surface area (Å²) in [5.74, 6) is 1.55. The van der Waals surface area contributed by atoms with Crippen molar-refractivity contribution in [1.29, 1.82) is 0 Å². The van der Waals surface area contributed by atoms with Crippen LogP contribution in [0.3, 0.4) is 0 Å². The molecular formula is C16H22O3Si. The number of aldehydes is 1. The Morgan fingerprint density at radius 1 is 1.25 bits per heavy atom. The van der Waals surface area contributed by atoms with Crippen molar-refractivity contribution < 1.29 is 13.9 Å². The number of carbonyl (C=O) groups is 1. The number of methoxy groups -OCH3 is 1. The van der Waals surface area contributed by atoms with E-state index in [1.165, 1.54) is 5.19 Å². The molecule has 3 nitrogen and oxygen atoms in total. The van der Waals surface area contributed by atoms with Crippen LogP contribution < -0.4 is 9.92 Å². The second kappa shape index (κ2) is 5.09. The minimum absolute atomic E-state index is 0.196. The lowest BCUT2D eigenvalue weighted by molar-refractivity contribution is 0.112. The van der Waals surface area contributed by atoms with Crippen LogP contribution in [0, 0.1) is 0 Å². The number of hydrogen-bond acceptors (Lipinski definition) is 3. The van der Waals surface area contributed by atoms with E-state index >= 15 is 0 Å². The fraction of sp³-hybridized carbons (Fsp3) is 0.438. The topological polar surface area (TPSA) is 39.4 Å². The Balaban J connectivity index is 2.90. The predicted octanol–water partition coefficient (Wildman–Crippen LogP) is 3.25. The van der Waals surface area contributed by atoms with Gasteiger partial charge in [0.1, 0.15) is 17.1 Å². The molecule has 0 aliphatic rings. The molecule has 108 valence electrons. The Hall–Kier alpha value is -1.55. The summed E-state index contributed by atoms with van der Waals surface area (Å²) in [6.07, 6.45) is 0.930. The van der Waals surface area contributed by atoms with Crippen molar-refractivity contribution in [2.45, 2.75) is 39.3 Å². The molecule has 0 saturated heterocycles. The summed E-state index contributed by atoms with van der Waals surface area (Å²) >= 11 is 0. The van der Waals surface area contributed by atoms with Crippen molar-refractivity contribution in [2.75, 3.05) is 7.11 Å². The Morgan fingerprint density at radius 3 is 2.35 bits per heavy atom.